The Morgan fingerprint density at radius 1 is 1.33 bits per heavy atom. The summed E-state index contributed by atoms with van der Waals surface area (Å²) in [5, 5.41) is 9.36. The third kappa shape index (κ3) is 3.21. The van der Waals surface area contributed by atoms with Crippen molar-refractivity contribution in [1.82, 2.24) is 14.8 Å². The number of hydrogen-bond acceptors (Lipinski definition) is 5. The van der Waals surface area contributed by atoms with E-state index in [-0.39, 0.29) is 24.5 Å². The van der Waals surface area contributed by atoms with Gasteiger partial charge in [0.15, 0.2) is 0 Å². The van der Waals surface area contributed by atoms with Crippen LogP contribution in [0.15, 0.2) is 12.4 Å². The molecular weight excluding hydrogens is 310 g/mol. The Bertz CT molecular complexity index is 634. The number of aromatic nitrogens is 1. The lowest BCUT2D eigenvalue weighted by Gasteiger charge is -2.33. The summed E-state index contributed by atoms with van der Waals surface area (Å²) in [7, 11) is 1.37. The van der Waals surface area contributed by atoms with E-state index in [1.54, 1.807) is 17.3 Å². The van der Waals surface area contributed by atoms with Gasteiger partial charge in [0.05, 0.1) is 19.2 Å². The molecule has 0 spiro atoms. The molecule has 1 aromatic heterocycles. The molecule has 2 amide bonds. The van der Waals surface area contributed by atoms with Crippen molar-refractivity contribution >= 4 is 12.0 Å². The van der Waals surface area contributed by atoms with Gasteiger partial charge >= 0.3 is 6.09 Å². The van der Waals surface area contributed by atoms with Gasteiger partial charge in [0.1, 0.15) is 0 Å². The Morgan fingerprint density at radius 2 is 2.17 bits per heavy atom. The molecule has 2 aliphatic rings. The summed E-state index contributed by atoms with van der Waals surface area (Å²) in [4.78, 5) is 32.2. The number of likely N-dealkylation sites (tertiary alicyclic amines) is 1. The van der Waals surface area contributed by atoms with E-state index < -0.39 is 0 Å². The van der Waals surface area contributed by atoms with Crippen LogP contribution in [0.4, 0.5) is 4.79 Å². The van der Waals surface area contributed by atoms with Crippen LogP contribution < -0.4 is 0 Å². The van der Waals surface area contributed by atoms with Crippen molar-refractivity contribution in [1.29, 1.82) is 0 Å². The number of hydrogen-bond donors (Lipinski definition) is 1. The predicted molar refractivity (Wildman–Crippen MR) is 86.5 cm³/mol. The fraction of sp³-hybridized carbons (Fsp3) is 0.588. The molecule has 1 atom stereocenters. The van der Waals surface area contributed by atoms with E-state index >= 15 is 0 Å². The average Bonchev–Trinajstić information content (AvgIpc) is 2.65. The second-order valence-corrected chi connectivity index (χ2v) is 6.41. The number of aliphatic hydroxyl groups is 1. The normalized spacial score (nSPS) is 20.5. The quantitative estimate of drug-likeness (QED) is 0.875. The number of methoxy groups -OCH3 is 1. The molecule has 0 radical (unpaired) electrons. The van der Waals surface area contributed by atoms with Crippen LogP contribution in [-0.2, 0) is 17.7 Å². The second-order valence-electron chi connectivity index (χ2n) is 6.41. The Morgan fingerprint density at radius 3 is 2.92 bits per heavy atom. The van der Waals surface area contributed by atoms with Gasteiger partial charge in [-0.2, -0.15) is 0 Å². The number of carbonyl (C=O) groups excluding carboxylic acids is 2. The number of aliphatic hydroxyl groups excluding tert-OH is 1. The van der Waals surface area contributed by atoms with Crippen LogP contribution in [0.3, 0.4) is 0 Å². The van der Waals surface area contributed by atoms with Crippen molar-refractivity contribution in [2.24, 2.45) is 5.92 Å². The van der Waals surface area contributed by atoms with Crippen LogP contribution in [0, 0.1) is 5.92 Å². The van der Waals surface area contributed by atoms with Crippen LogP contribution in [0.5, 0.6) is 0 Å². The Labute approximate surface area is 141 Å². The fourth-order valence-corrected chi connectivity index (χ4v) is 3.53. The zero-order chi connectivity index (χ0) is 17.1. The van der Waals surface area contributed by atoms with E-state index in [4.69, 9.17) is 4.74 Å². The zero-order valence-electron chi connectivity index (χ0n) is 13.9. The molecule has 7 nitrogen and oxygen atoms in total. The highest BCUT2D eigenvalue weighted by molar-refractivity contribution is 5.96. The molecule has 1 N–H and O–H groups in total. The number of fused-ring (bicyclic) bond motifs is 1. The zero-order valence-corrected chi connectivity index (χ0v) is 13.9. The van der Waals surface area contributed by atoms with Crippen LogP contribution in [-0.4, -0.2) is 65.2 Å². The molecule has 0 bridgehead atoms. The number of rotatable bonds is 2. The van der Waals surface area contributed by atoms with Gasteiger partial charge in [-0.3, -0.25) is 9.78 Å². The predicted octanol–water partition coefficient (Wildman–Crippen LogP) is 1.05. The van der Waals surface area contributed by atoms with Gasteiger partial charge in [-0.1, -0.05) is 0 Å². The number of pyridine rings is 1. The van der Waals surface area contributed by atoms with Gasteiger partial charge in [0.25, 0.3) is 5.91 Å². The minimum atomic E-state index is -0.362. The first-order valence-electron chi connectivity index (χ1n) is 8.32. The maximum Gasteiger partial charge on any atom is 0.409 e. The smallest absolute Gasteiger partial charge is 0.409 e. The summed E-state index contributed by atoms with van der Waals surface area (Å²) < 4.78 is 4.77. The van der Waals surface area contributed by atoms with Gasteiger partial charge in [0.2, 0.25) is 0 Å². The summed E-state index contributed by atoms with van der Waals surface area (Å²) in [6.45, 7) is 2.36. The van der Waals surface area contributed by atoms with Crippen LogP contribution in [0.2, 0.25) is 0 Å². The molecule has 2 aliphatic heterocycles. The minimum absolute atomic E-state index is 0.0241. The first kappa shape index (κ1) is 16.7. The largest absolute Gasteiger partial charge is 0.453 e. The van der Waals surface area contributed by atoms with Crippen molar-refractivity contribution in [2.75, 3.05) is 33.4 Å². The van der Waals surface area contributed by atoms with E-state index in [9.17, 15) is 14.7 Å². The van der Waals surface area contributed by atoms with Crippen molar-refractivity contribution in [3.8, 4) is 0 Å². The third-order valence-corrected chi connectivity index (χ3v) is 4.87. The van der Waals surface area contributed by atoms with E-state index in [1.807, 2.05) is 4.90 Å². The molecule has 0 aromatic carbocycles. The van der Waals surface area contributed by atoms with Crippen molar-refractivity contribution in [3.63, 3.8) is 0 Å². The average molecular weight is 333 g/mol. The minimum Gasteiger partial charge on any atom is -0.453 e. The molecule has 1 fully saturated rings. The first-order valence-corrected chi connectivity index (χ1v) is 8.32. The highest BCUT2D eigenvalue weighted by atomic mass is 16.5. The van der Waals surface area contributed by atoms with E-state index in [0.29, 0.717) is 38.2 Å². The molecule has 3 rings (SSSR count). The Balaban J connectivity index is 1.80. The lowest BCUT2D eigenvalue weighted by molar-refractivity contribution is 0.0618. The standard InChI is InChI=1S/C17H23N3O4/c1-24-17(23)20-6-4-14-13(10-20)7-18-8-15(14)16(22)19-5-2-3-12(9-19)11-21/h7-8,12,21H,2-6,9-11H2,1H3. The SMILES string of the molecule is COC(=O)N1CCc2c(cncc2C(=O)N2CCCC(CO)C2)C1. The Hall–Kier alpha value is -2.15. The number of nitrogens with zero attached hydrogens (tertiary/aromatic N) is 3. The first-order chi connectivity index (χ1) is 11.6. The molecule has 1 unspecified atom stereocenters. The van der Waals surface area contributed by atoms with Crippen molar-refractivity contribution < 1.29 is 19.4 Å². The number of carbonyl (C=O) groups is 2. The molecule has 0 aliphatic carbocycles. The van der Waals surface area contributed by atoms with E-state index in [0.717, 1.165) is 24.0 Å². The fourth-order valence-electron chi connectivity index (χ4n) is 3.53. The summed E-state index contributed by atoms with van der Waals surface area (Å²) in [6.07, 6.45) is 5.46. The lowest BCUT2D eigenvalue weighted by Crippen LogP contribution is -2.42. The molecule has 130 valence electrons. The number of amides is 2. The monoisotopic (exact) mass is 333 g/mol. The van der Waals surface area contributed by atoms with Crippen molar-refractivity contribution in [2.45, 2.75) is 25.8 Å². The van der Waals surface area contributed by atoms with Crippen LogP contribution in [0.25, 0.3) is 0 Å². The lowest BCUT2D eigenvalue weighted by atomic mass is 9.94. The Kier molecular flexibility index (Phi) is 4.99. The molecular formula is C17H23N3O4. The van der Waals surface area contributed by atoms with Crippen LogP contribution >= 0.6 is 0 Å². The third-order valence-electron chi connectivity index (χ3n) is 4.87. The maximum absolute atomic E-state index is 12.9. The number of piperidine rings is 1. The van der Waals surface area contributed by atoms with E-state index in [1.165, 1.54) is 7.11 Å². The molecule has 0 saturated carbocycles. The molecule has 24 heavy (non-hydrogen) atoms. The number of ether oxygens (including phenoxy) is 1. The van der Waals surface area contributed by atoms with Gasteiger partial charge in [-0.25, -0.2) is 4.79 Å². The maximum atomic E-state index is 12.9. The van der Waals surface area contributed by atoms with Crippen molar-refractivity contribution in [3.05, 3.63) is 29.1 Å². The van der Waals surface area contributed by atoms with Gasteiger partial charge in [0, 0.05) is 38.6 Å². The summed E-state index contributed by atoms with van der Waals surface area (Å²) >= 11 is 0. The summed E-state index contributed by atoms with van der Waals surface area (Å²) in [5.74, 6) is 0.133. The van der Waals surface area contributed by atoms with Gasteiger partial charge in [-0.05, 0) is 36.3 Å². The second kappa shape index (κ2) is 7.17. The molecule has 1 aromatic rings. The van der Waals surface area contributed by atoms with Gasteiger partial charge in [-0.15, -0.1) is 0 Å². The summed E-state index contributed by atoms with van der Waals surface area (Å²) in [6, 6.07) is 0. The molecule has 1 saturated heterocycles. The highest BCUT2D eigenvalue weighted by Gasteiger charge is 2.29. The molecule has 3 heterocycles. The molecule has 7 heteroatoms. The van der Waals surface area contributed by atoms with Gasteiger partial charge < -0.3 is 19.6 Å². The van der Waals surface area contributed by atoms with Crippen LogP contribution in [0.1, 0.15) is 34.3 Å². The topological polar surface area (TPSA) is 83.0 Å². The van der Waals surface area contributed by atoms with E-state index in [2.05, 4.69) is 4.98 Å². The highest BCUT2D eigenvalue weighted by Crippen LogP contribution is 2.25. The summed E-state index contributed by atoms with van der Waals surface area (Å²) in [5.41, 5.74) is 2.49.